The summed E-state index contributed by atoms with van der Waals surface area (Å²) >= 11 is 0. The van der Waals surface area contributed by atoms with E-state index in [0.29, 0.717) is 23.1 Å². The molecule has 0 aliphatic heterocycles. The molecule has 1 saturated carbocycles. The molecule has 1 fully saturated rings. The van der Waals surface area contributed by atoms with Crippen LogP contribution in [0.3, 0.4) is 0 Å². The average molecular weight is 337 g/mol. The minimum atomic E-state index is -0.258. The Morgan fingerprint density at radius 2 is 1.91 bits per heavy atom. The van der Waals surface area contributed by atoms with Gasteiger partial charge in [-0.3, -0.25) is 0 Å². The second kappa shape index (κ2) is 8.18. The number of methoxy groups -OCH3 is 1. The van der Waals surface area contributed by atoms with Crippen molar-refractivity contribution >= 4 is 0 Å². The lowest BCUT2D eigenvalue weighted by Gasteiger charge is -2.13. The van der Waals surface area contributed by atoms with Crippen LogP contribution in [0.25, 0.3) is 0 Å². The first-order chi connectivity index (χ1) is 10.8. The monoisotopic (exact) mass is 336 g/mol. The zero-order valence-corrected chi connectivity index (χ0v) is 13.8. The van der Waals surface area contributed by atoms with Crippen molar-refractivity contribution in [1.29, 1.82) is 0 Å². The van der Waals surface area contributed by atoms with E-state index >= 15 is 0 Å². The molecule has 1 N–H and O–H groups in total. The highest BCUT2D eigenvalue weighted by atomic mass is 35.5. The van der Waals surface area contributed by atoms with Crippen molar-refractivity contribution in [2.24, 2.45) is 0 Å². The quantitative estimate of drug-likeness (QED) is 0.806. The van der Waals surface area contributed by atoms with Gasteiger partial charge in [0.2, 0.25) is 0 Å². The smallest absolute Gasteiger partial charge is 0.161 e. The van der Waals surface area contributed by atoms with Gasteiger partial charge >= 0.3 is 0 Å². The molecule has 0 atom stereocenters. The maximum Gasteiger partial charge on any atom is 0.161 e. The van der Waals surface area contributed by atoms with Gasteiger partial charge in [0, 0.05) is 18.2 Å². The summed E-state index contributed by atoms with van der Waals surface area (Å²) in [4.78, 5) is 0. The van der Waals surface area contributed by atoms with E-state index in [1.54, 1.807) is 25.3 Å². The number of nitrogens with one attached hydrogen (secondary N) is 1. The van der Waals surface area contributed by atoms with E-state index in [1.165, 1.54) is 18.9 Å². The van der Waals surface area contributed by atoms with Crippen molar-refractivity contribution in [2.75, 3.05) is 7.11 Å². The molecule has 1 aliphatic carbocycles. The summed E-state index contributed by atoms with van der Waals surface area (Å²) in [5.41, 5.74) is 1.69. The molecule has 0 saturated heterocycles. The van der Waals surface area contributed by atoms with Crippen LogP contribution in [0.1, 0.15) is 24.0 Å². The number of rotatable bonds is 7. The number of ether oxygens (including phenoxy) is 2. The largest absolute Gasteiger partial charge is 1.00 e. The topological polar surface area (TPSA) is 30.5 Å². The molecule has 124 valence electrons. The normalized spacial score (nSPS) is 13.3. The van der Waals surface area contributed by atoms with Crippen LogP contribution in [0.4, 0.5) is 4.39 Å². The van der Waals surface area contributed by atoms with Gasteiger partial charge in [0.05, 0.1) is 7.11 Å². The van der Waals surface area contributed by atoms with Crippen molar-refractivity contribution in [3.63, 3.8) is 0 Å². The van der Waals surface area contributed by atoms with Crippen LogP contribution in [0.2, 0.25) is 0 Å². The van der Waals surface area contributed by atoms with Gasteiger partial charge in [-0.1, -0.05) is 24.3 Å². The highest BCUT2D eigenvalue weighted by Gasteiger charge is 2.20. The van der Waals surface area contributed by atoms with E-state index in [-0.39, 0.29) is 24.8 Å². The van der Waals surface area contributed by atoms with Gasteiger partial charge in [0.15, 0.2) is 11.5 Å². The maximum absolute atomic E-state index is 13.6. The lowest BCUT2D eigenvalue weighted by atomic mass is 10.2. The van der Waals surface area contributed by atoms with Gasteiger partial charge in [-0.2, -0.15) is 0 Å². The summed E-state index contributed by atoms with van der Waals surface area (Å²) in [6.45, 7) is 1.01. The summed E-state index contributed by atoms with van der Waals surface area (Å²) in [5.74, 6) is 1.04. The van der Waals surface area contributed by atoms with Crippen LogP contribution in [0.5, 0.6) is 11.5 Å². The molecule has 0 aromatic heterocycles. The van der Waals surface area contributed by atoms with Gasteiger partial charge in [-0.15, -0.1) is 0 Å². The molecule has 5 heteroatoms. The predicted molar refractivity (Wildman–Crippen MR) is 83.6 cm³/mol. The van der Waals surface area contributed by atoms with Crippen molar-refractivity contribution < 1.29 is 26.3 Å². The van der Waals surface area contributed by atoms with Crippen LogP contribution in [-0.4, -0.2) is 13.2 Å². The fraction of sp³-hybridized carbons (Fsp3) is 0.333. The Balaban J connectivity index is 0.00000192. The summed E-state index contributed by atoms with van der Waals surface area (Å²) in [5, 5.41) is 3.46. The summed E-state index contributed by atoms with van der Waals surface area (Å²) in [7, 11) is 1.61. The van der Waals surface area contributed by atoms with E-state index in [2.05, 4.69) is 5.32 Å². The van der Waals surface area contributed by atoms with E-state index < -0.39 is 0 Å². The molecule has 0 bridgehead atoms. The zero-order chi connectivity index (χ0) is 15.4. The van der Waals surface area contributed by atoms with Crippen molar-refractivity contribution in [3.05, 3.63) is 59.4 Å². The number of hydrogen-bond donors (Lipinski definition) is 1. The fourth-order valence-corrected chi connectivity index (χ4v) is 2.26. The Hall–Kier alpha value is -1.78. The van der Waals surface area contributed by atoms with Gasteiger partial charge < -0.3 is 27.2 Å². The second-order valence-electron chi connectivity index (χ2n) is 5.52. The van der Waals surface area contributed by atoms with Crippen molar-refractivity contribution in [3.8, 4) is 11.5 Å². The molecule has 0 radical (unpaired) electrons. The molecular weight excluding hydrogens is 317 g/mol. The minimum absolute atomic E-state index is 0. The van der Waals surface area contributed by atoms with Gasteiger partial charge in [0.25, 0.3) is 0 Å². The summed E-state index contributed by atoms with van der Waals surface area (Å²) in [6, 6.07) is 13.1. The molecule has 3 rings (SSSR count). The van der Waals surface area contributed by atoms with Crippen LogP contribution >= 0.6 is 0 Å². The van der Waals surface area contributed by atoms with Crippen molar-refractivity contribution in [1.82, 2.24) is 5.32 Å². The highest BCUT2D eigenvalue weighted by molar-refractivity contribution is 5.43. The van der Waals surface area contributed by atoms with Crippen LogP contribution in [0, 0.1) is 5.82 Å². The minimum Gasteiger partial charge on any atom is -1.00 e. The maximum atomic E-state index is 13.6. The predicted octanol–water partition coefficient (Wildman–Crippen LogP) is 0.669. The number of benzene rings is 2. The Bertz CT molecular complexity index is 647. The fourth-order valence-electron chi connectivity index (χ4n) is 2.26. The van der Waals surface area contributed by atoms with E-state index in [0.717, 1.165) is 12.1 Å². The molecule has 0 heterocycles. The standard InChI is InChI=1S/C18H20FNO2.ClH/c1-21-18-10-13(11-20-15-7-8-15)6-9-17(18)22-12-14-4-2-3-5-16(14)19;/h2-6,9-10,15,20H,7-8,11-12H2,1H3;1H/p-1. The van der Waals surface area contributed by atoms with Gasteiger partial charge in [0.1, 0.15) is 12.4 Å². The number of halogens is 2. The third kappa shape index (κ3) is 4.85. The Kier molecular flexibility index (Phi) is 6.25. The first-order valence-electron chi connectivity index (χ1n) is 7.53. The molecular formula is C18H20ClFNO2-. The SMILES string of the molecule is COc1cc(CNC2CC2)ccc1OCc1ccccc1F.[Cl-]. The van der Waals surface area contributed by atoms with E-state index in [4.69, 9.17) is 9.47 Å². The first kappa shape index (κ1) is 17.6. The molecule has 23 heavy (non-hydrogen) atoms. The van der Waals surface area contributed by atoms with Gasteiger partial charge in [-0.25, -0.2) is 4.39 Å². The second-order valence-corrected chi connectivity index (χ2v) is 5.52. The molecule has 2 aromatic carbocycles. The van der Waals surface area contributed by atoms with E-state index in [1.807, 2.05) is 18.2 Å². The van der Waals surface area contributed by atoms with Crippen molar-refractivity contribution in [2.45, 2.75) is 32.0 Å². The van der Waals surface area contributed by atoms with Gasteiger partial charge in [-0.05, 0) is 36.6 Å². The molecule has 3 nitrogen and oxygen atoms in total. The summed E-state index contributed by atoms with van der Waals surface area (Å²) in [6.07, 6.45) is 2.53. The molecule has 0 spiro atoms. The molecule has 2 aromatic rings. The lowest BCUT2D eigenvalue weighted by molar-refractivity contribution is -0.00000571. The van der Waals surface area contributed by atoms with Crippen LogP contribution < -0.4 is 27.2 Å². The van der Waals surface area contributed by atoms with Crippen LogP contribution in [0.15, 0.2) is 42.5 Å². The Morgan fingerprint density at radius 1 is 1.13 bits per heavy atom. The summed E-state index contributed by atoms with van der Waals surface area (Å²) < 4.78 is 24.7. The molecule has 0 amide bonds. The lowest BCUT2D eigenvalue weighted by Crippen LogP contribution is -3.00. The molecule has 1 aliphatic rings. The Labute approximate surface area is 142 Å². The third-order valence-corrected chi connectivity index (χ3v) is 3.74. The van der Waals surface area contributed by atoms with Crippen LogP contribution in [-0.2, 0) is 13.2 Å². The molecule has 0 unspecified atom stereocenters. The average Bonchev–Trinajstić information content (AvgIpc) is 3.37. The first-order valence-corrected chi connectivity index (χ1v) is 7.53. The van der Waals surface area contributed by atoms with E-state index in [9.17, 15) is 4.39 Å². The highest BCUT2D eigenvalue weighted by Crippen LogP contribution is 2.29. The third-order valence-electron chi connectivity index (χ3n) is 3.74. The Morgan fingerprint density at radius 3 is 2.61 bits per heavy atom. The number of hydrogen-bond acceptors (Lipinski definition) is 3. The zero-order valence-electron chi connectivity index (χ0n) is 13.0.